The number of fused-ring (bicyclic) bond motifs is 5. The van der Waals surface area contributed by atoms with Gasteiger partial charge < -0.3 is 9.80 Å². The fourth-order valence-corrected chi connectivity index (χ4v) is 7.87. The number of carbonyl (C=O) groups is 2. The second-order valence-electron chi connectivity index (χ2n) is 9.89. The van der Waals surface area contributed by atoms with E-state index < -0.39 is 0 Å². The van der Waals surface area contributed by atoms with Gasteiger partial charge in [0.1, 0.15) is 0 Å². The third-order valence-corrected chi connectivity index (χ3v) is 9.17. The first-order valence-electron chi connectivity index (χ1n) is 10.3. The summed E-state index contributed by atoms with van der Waals surface area (Å²) in [5, 5.41) is 0. The van der Waals surface area contributed by atoms with E-state index in [9.17, 15) is 9.59 Å². The lowest BCUT2D eigenvalue weighted by atomic mass is 9.47. The maximum absolute atomic E-state index is 12.2. The summed E-state index contributed by atoms with van der Waals surface area (Å²) in [6, 6.07) is 0.853. The molecule has 0 bridgehead atoms. The van der Waals surface area contributed by atoms with Gasteiger partial charge >= 0.3 is 0 Å². The van der Waals surface area contributed by atoms with Crippen LogP contribution in [0.4, 0.5) is 0 Å². The molecule has 4 aliphatic rings. The Labute approximate surface area is 152 Å². The summed E-state index contributed by atoms with van der Waals surface area (Å²) in [6.45, 7) is 4.93. The average molecular weight is 347 g/mol. The zero-order valence-corrected chi connectivity index (χ0v) is 16.3. The highest BCUT2D eigenvalue weighted by Crippen LogP contribution is 2.65. The Balaban J connectivity index is 1.62. The number of piperidine rings is 1. The smallest absolute Gasteiger partial charge is 0.222 e. The standard InChI is InChI=1S/C21H34N2O2/c1-20-11-9-16-14(15(20)6-8-17(20)22(3)13-24)5-7-18-21(16,2)12-10-19(25)23(18)4/h13-18H,5-12H2,1-4H3/t14?,15?,16?,17-,18+,20-,21+/m0/s1. The molecule has 3 saturated carbocycles. The molecule has 3 unspecified atom stereocenters. The van der Waals surface area contributed by atoms with Crippen molar-refractivity contribution in [3.05, 3.63) is 0 Å². The third kappa shape index (κ3) is 2.24. The van der Waals surface area contributed by atoms with E-state index in [4.69, 9.17) is 0 Å². The number of likely N-dealkylation sites (tertiary alicyclic amines) is 1. The average Bonchev–Trinajstić information content (AvgIpc) is 2.95. The summed E-state index contributed by atoms with van der Waals surface area (Å²) in [5.41, 5.74) is 0.581. The van der Waals surface area contributed by atoms with E-state index in [-0.39, 0.29) is 5.41 Å². The molecular weight excluding hydrogens is 312 g/mol. The Kier molecular flexibility index (Phi) is 3.97. The molecule has 4 heteroatoms. The Hall–Kier alpha value is -1.06. The third-order valence-electron chi connectivity index (χ3n) is 9.17. The zero-order valence-electron chi connectivity index (χ0n) is 16.3. The summed E-state index contributed by atoms with van der Waals surface area (Å²) in [5.74, 6) is 2.63. The number of amides is 2. The van der Waals surface area contributed by atoms with Gasteiger partial charge in [-0.05, 0) is 73.5 Å². The van der Waals surface area contributed by atoms with Gasteiger partial charge in [-0.3, -0.25) is 9.59 Å². The van der Waals surface area contributed by atoms with E-state index in [1.54, 1.807) is 0 Å². The van der Waals surface area contributed by atoms with Crippen LogP contribution in [-0.4, -0.2) is 48.3 Å². The lowest BCUT2D eigenvalue weighted by Crippen LogP contribution is -2.61. The van der Waals surface area contributed by atoms with Gasteiger partial charge in [0, 0.05) is 32.6 Å². The molecule has 4 nitrogen and oxygen atoms in total. The van der Waals surface area contributed by atoms with Crippen LogP contribution in [0.3, 0.4) is 0 Å². The Morgan fingerprint density at radius 1 is 1.04 bits per heavy atom. The van der Waals surface area contributed by atoms with Crippen LogP contribution in [0.25, 0.3) is 0 Å². The molecule has 0 N–H and O–H groups in total. The summed E-state index contributed by atoms with van der Waals surface area (Å²) in [6.07, 6.45) is 10.2. The van der Waals surface area contributed by atoms with Crippen LogP contribution in [0.2, 0.25) is 0 Å². The molecule has 0 radical (unpaired) electrons. The molecule has 2 amide bonds. The van der Waals surface area contributed by atoms with Crippen molar-refractivity contribution in [3.8, 4) is 0 Å². The maximum atomic E-state index is 12.2. The first-order valence-corrected chi connectivity index (χ1v) is 10.3. The summed E-state index contributed by atoms with van der Waals surface area (Å²) < 4.78 is 0. The van der Waals surface area contributed by atoms with Crippen molar-refractivity contribution in [2.24, 2.45) is 28.6 Å². The lowest BCUT2D eigenvalue weighted by molar-refractivity contribution is -0.158. The number of rotatable bonds is 2. The first kappa shape index (κ1) is 17.4. The zero-order chi connectivity index (χ0) is 18.0. The van der Waals surface area contributed by atoms with E-state index in [0.29, 0.717) is 23.4 Å². The molecule has 0 aromatic carbocycles. The fraction of sp³-hybridized carbons (Fsp3) is 0.905. The lowest BCUT2D eigenvalue weighted by Gasteiger charge is -2.62. The van der Waals surface area contributed by atoms with Gasteiger partial charge in [-0.1, -0.05) is 13.8 Å². The summed E-state index contributed by atoms with van der Waals surface area (Å²) in [7, 11) is 4.00. The van der Waals surface area contributed by atoms with E-state index in [0.717, 1.165) is 43.4 Å². The highest BCUT2D eigenvalue weighted by atomic mass is 16.2. The molecule has 4 rings (SSSR count). The maximum Gasteiger partial charge on any atom is 0.222 e. The predicted octanol–water partition coefficient (Wildman–Crippen LogP) is 3.31. The molecule has 1 saturated heterocycles. The van der Waals surface area contributed by atoms with Crippen LogP contribution in [0.5, 0.6) is 0 Å². The van der Waals surface area contributed by atoms with Crippen LogP contribution < -0.4 is 0 Å². The number of hydrogen-bond acceptors (Lipinski definition) is 2. The van der Waals surface area contributed by atoms with Crippen molar-refractivity contribution >= 4 is 12.3 Å². The van der Waals surface area contributed by atoms with E-state index in [1.165, 1.54) is 32.1 Å². The molecule has 7 atom stereocenters. The minimum atomic E-state index is 0.288. The van der Waals surface area contributed by atoms with Gasteiger partial charge in [-0.25, -0.2) is 0 Å². The van der Waals surface area contributed by atoms with Crippen LogP contribution in [0, 0.1) is 28.6 Å². The minimum absolute atomic E-state index is 0.288. The van der Waals surface area contributed by atoms with Gasteiger partial charge in [0.15, 0.2) is 0 Å². The van der Waals surface area contributed by atoms with Gasteiger partial charge in [0.2, 0.25) is 12.3 Å². The Morgan fingerprint density at radius 2 is 1.76 bits per heavy atom. The van der Waals surface area contributed by atoms with Crippen molar-refractivity contribution in [1.82, 2.24) is 9.80 Å². The monoisotopic (exact) mass is 346 g/mol. The van der Waals surface area contributed by atoms with Gasteiger partial charge in [0.05, 0.1) is 0 Å². The SMILES string of the molecule is CN(C=O)[C@H]1CCC2C3CC[C@H]4N(C)C(=O)CC[C@]4(C)C3CC[C@@]21C. The van der Waals surface area contributed by atoms with Gasteiger partial charge in [-0.2, -0.15) is 0 Å². The Bertz CT molecular complexity index is 578. The molecule has 140 valence electrons. The second-order valence-corrected chi connectivity index (χ2v) is 9.89. The van der Waals surface area contributed by atoms with Crippen LogP contribution in [0.15, 0.2) is 0 Å². The van der Waals surface area contributed by atoms with Crippen LogP contribution in [-0.2, 0) is 9.59 Å². The summed E-state index contributed by atoms with van der Waals surface area (Å²) in [4.78, 5) is 27.6. The predicted molar refractivity (Wildman–Crippen MR) is 97.8 cm³/mol. The summed E-state index contributed by atoms with van der Waals surface area (Å²) >= 11 is 0. The first-order chi connectivity index (χ1) is 11.8. The molecule has 0 spiro atoms. The highest BCUT2D eigenvalue weighted by Gasteiger charge is 2.61. The number of hydrogen-bond donors (Lipinski definition) is 0. The van der Waals surface area contributed by atoms with Crippen LogP contribution >= 0.6 is 0 Å². The normalized spacial score (nSPS) is 49.2. The highest BCUT2D eigenvalue weighted by molar-refractivity contribution is 5.77. The van der Waals surface area contributed by atoms with E-state index in [1.807, 2.05) is 19.0 Å². The fourth-order valence-electron chi connectivity index (χ4n) is 7.87. The molecular formula is C21H34N2O2. The molecule has 0 aromatic rings. The quantitative estimate of drug-likeness (QED) is 0.720. The van der Waals surface area contributed by atoms with Gasteiger partial charge in [0.25, 0.3) is 0 Å². The van der Waals surface area contributed by atoms with Crippen molar-refractivity contribution in [2.75, 3.05) is 14.1 Å². The molecule has 3 aliphatic carbocycles. The van der Waals surface area contributed by atoms with Crippen LogP contribution in [0.1, 0.15) is 65.2 Å². The molecule has 25 heavy (non-hydrogen) atoms. The van der Waals surface area contributed by atoms with E-state index >= 15 is 0 Å². The molecule has 1 aliphatic heterocycles. The van der Waals surface area contributed by atoms with E-state index in [2.05, 4.69) is 18.7 Å². The minimum Gasteiger partial charge on any atom is -0.345 e. The molecule has 1 heterocycles. The van der Waals surface area contributed by atoms with Crippen molar-refractivity contribution < 1.29 is 9.59 Å². The topological polar surface area (TPSA) is 40.6 Å². The van der Waals surface area contributed by atoms with Crippen molar-refractivity contribution in [1.29, 1.82) is 0 Å². The molecule has 4 fully saturated rings. The van der Waals surface area contributed by atoms with Crippen molar-refractivity contribution in [2.45, 2.75) is 77.3 Å². The number of nitrogens with zero attached hydrogens (tertiary/aromatic N) is 2. The van der Waals surface area contributed by atoms with Crippen molar-refractivity contribution in [3.63, 3.8) is 0 Å². The molecule has 0 aromatic heterocycles. The second kappa shape index (κ2) is 5.72. The largest absolute Gasteiger partial charge is 0.345 e. The number of carbonyl (C=O) groups excluding carboxylic acids is 2. The van der Waals surface area contributed by atoms with Gasteiger partial charge in [-0.15, -0.1) is 0 Å². The Morgan fingerprint density at radius 3 is 2.48 bits per heavy atom.